The van der Waals surface area contributed by atoms with Gasteiger partial charge in [-0.2, -0.15) is 0 Å². The van der Waals surface area contributed by atoms with Crippen LogP contribution in [-0.2, 0) is 4.74 Å². The Balaban J connectivity index is 1.37. The van der Waals surface area contributed by atoms with Gasteiger partial charge in [-0.05, 0) is 45.7 Å². The van der Waals surface area contributed by atoms with E-state index >= 15 is 0 Å². The molecule has 9 nitrogen and oxygen atoms in total. The Morgan fingerprint density at radius 1 is 1.24 bits per heavy atom. The smallest absolute Gasteiger partial charge is 0.407 e. The van der Waals surface area contributed by atoms with Gasteiger partial charge in [0, 0.05) is 25.2 Å². The lowest BCUT2D eigenvalue weighted by Gasteiger charge is -2.33. The Kier molecular flexibility index (Phi) is 6.56. The minimum Gasteiger partial charge on any atom is -0.492 e. The Morgan fingerprint density at radius 3 is 2.83 bits per heavy atom. The van der Waals surface area contributed by atoms with E-state index in [1.165, 1.54) is 0 Å². The van der Waals surface area contributed by atoms with Gasteiger partial charge in [-0.15, -0.1) is 0 Å². The molecular weight excluding hydrogens is 378 g/mol. The average molecular weight is 407 g/mol. The van der Waals surface area contributed by atoms with E-state index in [9.17, 15) is 9.59 Å². The highest BCUT2D eigenvalue weighted by molar-refractivity contribution is 5.74. The first kappa shape index (κ1) is 20.9. The lowest BCUT2D eigenvalue weighted by atomic mass is 10.1. The Morgan fingerprint density at radius 2 is 2.03 bits per heavy atom. The van der Waals surface area contributed by atoms with Crippen LogP contribution in [0.25, 0.3) is 0 Å². The van der Waals surface area contributed by atoms with E-state index in [0.717, 1.165) is 12.8 Å². The van der Waals surface area contributed by atoms with Crippen molar-refractivity contribution in [3.05, 3.63) is 18.2 Å². The molecule has 2 aliphatic rings. The van der Waals surface area contributed by atoms with Gasteiger partial charge in [0.15, 0.2) is 11.5 Å². The summed E-state index contributed by atoms with van der Waals surface area (Å²) in [4.78, 5) is 26.0. The van der Waals surface area contributed by atoms with Crippen LogP contribution in [0.4, 0.5) is 9.59 Å². The number of alkyl carbamates (subject to hydrolysis) is 1. The van der Waals surface area contributed by atoms with Gasteiger partial charge in [0.25, 0.3) is 0 Å². The van der Waals surface area contributed by atoms with Gasteiger partial charge < -0.3 is 34.5 Å². The van der Waals surface area contributed by atoms with Gasteiger partial charge in [-0.1, -0.05) is 0 Å². The summed E-state index contributed by atoms with van der Waals surface area (Å²) in [5.41, 5.74) is -0.548. The highest BCUT2D eigenvalue weighted by Gasteiger charge is 2.26. The van der Waals surface area contributed by atoms with E-state index in [1.807, 2.05) is 20.8 Å². The second kappa shape index (κ2) is 9.11. The van der Waals surface area contributed by atoms with Crippen molar-refractivity contribution >= 4 is 12.1 Å². The number of urea groups is 1. The van der Waals surface area contributed by atoms with Crippen molar-refractivity contribution in [2.45, 2.75) is 45.3 Å². The lowest BCUT2D eigenvalue weighted by Crippen LogP contribution is -2.53. The highest BCUT2D eigenvalue weighted by atomic mass is 16.7. The van der Waals surface area contributed by atoms with Crippen molar-refractivity contribution in [3.8, 4) is 17.2 Å². The molecule has 0 saturated carbocycles. The number of amides is 3. The van der Waals surface area contributed by atoms with Gasteiger partial charge in [0.1, 0.15) is 18.0 Å². The molecule has 2 aliphatic heterocycles. The topological polar surface area (TPSA) is 98.4 Å². The number of hydrogen-bond donors (Lipinski definition) is 2. The molecule has 3 rings (SSSR count). The minimum atomic E-state index is -0.548. The van der Waals surface area contributed by atoms with Gasteiger partial charge in [-0.3, -0.25) is 0 Å². The number of carbonyl (C=O) groups is 2. The normalized spacial score (nSPS) is 18.2. The molecule has 0 bridgehead atoms. The number of rotatable bonds is 5. The third-order valence-electron chi connectivity index (χ3n) is 4.42. The number of carbonyl (C=O) groups excluding carboxylic acids is 2. The molecule has 1 aromatic carbocycles. The summed E-state index contributed by atoms with van der Waals surface area (Å²) in [6, 6.07) is 5.07. The Bertz CT molecular complexity index is 733. The largest absolute Gasteiger partial charge is 0.492 e. The highest BCUT2D eigenvalue weighted by Crippen LogP contribution is 2.34. The summed E-state index contributed by atoms with van der Waals surface area (Å²) in [7, 11) is 0. The quantitative estimate of drug-likeness (QED) is 0.728. The molecule has 1 saturated heterocycles. The summed E-state index contributed by atoms with van der Waals surface area (Å²) in [6.45, 7) is 7.48. The lowest BCUT2D eigenvalue weighted by molar-refractivity contribution is 0.0479. The Labute approximate surface area is 170 Å². The summed E-state index contributed by atoms with van der Waals surface area (Å²) in [5.74, 6) is 2.01. The Hall–Kier alpha value is -2.84. The van der Waals surface area contributed by atoms with Crippen LogP contribution in [0.2, 0.25) is 0 Å². The molecule has 0 spiro atoms. The summed E-state index contributed by atoms with van der Waals surface area (Å²) in [5, 5.41) is 5.69. The van der Waals surface area contributed by atoms with Crippen LogP contribution in [0.3, 0.4) is 0 Å². The van der Waals surface area contributed by atoms with Gasteiger partial charge >= 0.3 is 12.1 Å². The van der Waals surface area contributed by atoms with Gasteiger partial charge in [0.05, 0.1) is 6.54 Å². The predicted molar refractivity (Wildman–Crippen MR) is 105 cm³/mol. The summed E-state index contributed by atoms with van der Waals surface area (Å²) >= 11 is 0. The van der Waals surface area contributed by atoms with Crippen molar-refractivity contribution in [2.24, 2.45) is 0 Å². The van der Waals surface area contributed by atoms with Crippen molar-refractivity contribution < 1.29 is 28.5 Å². The zero-order valence-electron chi connectivity index (χ0n) is 17.2. The van der Waals surface area contributed by atoms with Crippen molar-refractivity contribution in [3.63, 3.8) is 0 Å². The van der Waals surface area contributed by atoms with Gasteiger partial charge in [-0.25, -0.2) is 9.59 Å². The summed E-state index contributed by atoms with van der Waals surface area (Å²) < 4.78 is 21.5. The fourth-order valence-corrected chi connectivity index (χ4v) is 3.16. The zero-order valence-corrected chi connectivity index (χ0v) is 17.2. The maximum atomic E-state index is 12.4. The first-order valence-electron chi connectivity index (χ1n) is 9.85. The minimum absolute atomic E-state index is 0.116. The molecule has 1 unspecified atom stereocenters. The molecule has 2 heterocycles. The standard InChI is InChI=1S/C20H29N3O6/c1-20(2,3)29-19(25)22-14-5-4-9-23(12-14)18(24)21-8-10-26-15-6-7-16-17(11-15)28-13-27-16/h6-7,11,14H,4-5,8-10,12-13H2,1-3H3,(H,21,24)(H,22,25). The van der Waals surface area contributed by atoms with Crippen molar-refractivity contribution in [1.29, 1.82) is 0 Å². The van der Waals surface area contributed by atoms with Crippen LogP contribution in [0.15, 0.2) is 18.2 Å². The number of fused-ring (bicyclic) bond motifs is 1. The molecule has 29 heavy (non-hydrogen) atoms. The second-order valence-electron chi connectivity index (χ2n) is 8.03. The molecule has 0 radical (unpaired) electrons. The monoisotopic (exact) mass is 407 g/mol. The van der Waals surface area contributed by atoms with Crippen LogP contribution in [0.5, 0.6) is 17.2 Å². The van der Waals surface area contributed by atoms with Gasteiger partial charge in [0.2, 0.25) is 6.79 Å². The second-order valence-corrected chi connectivity index (χ2v) is 8.03. The maximum absolute atomic E-state index is 12.4. The number of benzene rings is 1. The van der Waals surface area contributed by atoms with Crippen LogP contribution < -0.4 is 24.8 Å². The van der Waals surface area contributed by atoms with E-state index in [2.05, 4.69) is 10.6 Å². The van der Waals surface area contributed by atoms with Crippen LogP contribution >= 0.6 is 0 Å². The molecule has 1 atom stereocenters. The third-order valence-corrected chi connectivity index (χ3v) is 4.42. The number of hydrogen-bond acceptors (Lipinski definition) is 6. The molecule has 160 valence electrons. The fraction of sp³-hybridized carbons (Fsp3) is 0.600. The molecule has 3 amide bonds. The molecule has 0 aromatic heterocycles. The van der Waals surface area contributed by atoms with E-state index in [-0.39, 0.29) is 18.9 Å². The van der Waals surface area contributed by atoms with E-state index in [4.69, 9.17) is 18.9 Å². The number of nitrogens with one attached hydrogen (secondary N) is 2. The molecule has 1 fully saturated rings. The number of ether oxygens (including phenoxy) is 4. The molecule has 1 aromatic rings. The van der Waals surface area contributed by atoms with E-state index in [1.54, 1.807) is 23.1 Å². The van der Waals surface area contributed by atoms with Crippen molar-refractivity contribution in [1.82, 2.24) is 15.5 Å². The number of likely N-dealkylation sites (tertiary alicyclic amines) is 1. The van der Waals surface area contributed by atoms with Crippen LogP contribution in [0.1, 0.15) is 33.6 Å². The molecule has 2 N–H and O–H groups in total. The average Bonchev–Trinajstić information content (AvgIpc) is 3.11. The first-order valence-corrected chi connectivity index (χ1v) is 9.85. The van der Waals surface area contributed by atoms with E-state index in [0.29, 0.717) is 43.5 Å². The SMILES string of the molecule is CC(C)(C)OC(=O)NC1CCCN(C(=O)NCCOc2ccc3c(c2)OCO3)C1. The fourth-order valence-electron chi connectivity index (χ4n) is 3.16. The summed E-state index contributed by atoms with van der Waals surface area (Å²) in [6.07, 6.45) is 1.18. The van der Waals surface area contributed by atoms with Crippen LogP contribution in [0, 0.1) is 0 Å². The van der Waals surface area contributed by atoms with Crippen LogP contribution in [-0.4, -0.2) is 61.7 Å². The molecule has 9 heteroatoms. The zero-order chi connectivity index (χ0) is 20.9. The van der Waals surface area contributed by atoms with Crippen molar-refractivity contribution in [2.75, 3.05) is 33.0 Å². The molecule has 0 aliphatic carbocycles. The molecular formula is C20H29N3O6. The predicted octanol–water partition coefficient (Wildman–Crippen LogP) is 2.49. The maximum Gasteiger partial charge on any atom is 0.407 e. The number of nitrogens with zero attached hydrogens (tertiary/aromatic N) is 1. The van der Waals surface area contributed by atoms with E-state index < -0.39 is 11.7 Å². The third kappa shape index (κ3) is 6.33. The number of piperidine rings is 1. The first-order chi connectivity index (χ1) is 13.8.